The Balaban J connectivity index is 2.18. The summed E-state index contributed by atoms with van der Waals surface area (Å²) in [5, 5.41) is 20.1. The Bertz CT molecular complexity index is 1060. The average Bonchev–Trinajstić information content (AvgIpc) is 2.46. The minimum absolute atomic E-state index is 0.0356. The van der Waals surface area contributed by atoms with E-state index in [1.807, 2.05) is 26.0 Å². The van der Waals surface area contributed by atoms with Crippen LogP contribution < -0.4 is 10.2 Å². The molecule has 0 unspecified atom stereocenters. The van der Waals surface area contributed by atoms with Crippen molar-refractivity contribution in [2.75, 3.05) is 0 Å². The largest absolute Gasteiger partial charge is 0.508 e. The number of fused-ring (bicyclic) bond motifs is 4. The molecule has 23 heavy (non-hydrogen) atoms. The van der Waals surface area contributed by atoms with E-state index in [4.69, 9.17) is 9.15 Å². The second kappa shape index (κ2) is 4.29. The van der Waals surface area contributed by atoms with Gasteiger partial charge in [0.2, 0.25) is 5.43 Å². The Morgan fingerprint density at radius 1 is 1.13 bits per heavy atom. The van der Waals surface area contributed by atoms with Crippen LogP contribution in [0.2, 0.25) is 0 Å². The molecule has 0 atom stereocenters. The molecule has 0 radical (unpaired) electrons. The van der Waals surface area contributed by atoms with Crippen molar-refractivity contribution in [3.63, 3.8) is 0 Å². The molecule has 0 bridgehead atoms. The molecule has 0 spiro atoms. The number of phenols is 2. The zero-order chi connectivity index (χ0) is 16.4. The third kappa shape index (κ3) is 1.97. The second-order valence-corrected chi connectivity index (χ2v) is 6.16. The molecule has 2 heterocycles. The summed E-state index contributed by atoms with van der Waals surface area (Å²) in [5.74, 6) is 0.221. The molecule has 1 aliphatic rings. The molecule has 1 aromatic heterocycles. The summed E-state index contributed by atoms with van der Waals surface area (Å²) in [6, 6.07) is 5.73. The maximum atomic E-state index is 12.7. The Morgan fingerprint density at radius 2 is 1.91 bits per heavy atom. The van der Waals surface area contributed by atoms with Crippen molar-refractivity contribution in [3.05, 3.63) is 46.1 Å². The topological polar surface area (TPSA) is 79.9 Å². The van der Waals surface area contributed by atoms with E-state index in [1.165, 1.54) is 24.3 Å². The van der Waals surface area contributed by atoms with Crippen LogP contribution in [-0.2, 0) is 0 Å². The highest BCUT2D eigenvalue weighted by molar-refractivity contribution is 5.99. The number of benzene rings is 2. The van der Waals surface area contributed by atoms with E-state index in [-0.39, 0.29) is 27.9 Å². The number of ether oxygens (including phenoxy) is 1. The van der Waals surface area contributed by atoms with Crippen LogP contribution in [-0.4, -0.2) is 15.8 Å². The van der Waals surface area contributed by atoms with Crippen LogP contribution in [0.25, 0.3) is 28.0 Å². The highest BCUT2D eigenvalue weighted by atomic mass is 16.5. The van der Waals surface area contributed by atoms with E-state index in [0.717, 1.165) is 0 Å². The fourth-order valence-electron chi connectivity index (χ4n) is 2.84. The van der Waals surface area contributed by atoms with Gasteiger partial charge in [0, 0.05) is 6.07 Å². The van der Waals surface area contributed by atoms with E-state index in [0.29, 0.717) is 16.9 Å². The van der Waals surface area contributed by atoms with Crippen LogP contribution >= 0.6 is 0 Å². The summed E-state index contributed by atoms with van der Waals surface area (Å²) in [5.41, 5.74) is 0.330. The summed E-state index contributed by atoms with van der Waals surface area (Å²) in [6.45, 7) is 3.79. The first-order valence-electron chi connectivity index (χ1n) is 7.19. The van der Waals surface area contributed by atoms with Crippen LogP contribution in [0, 0.1) is 0 Å². The first-order chi connectivity index (χ1) is 10.9. The van der Waals surface area contributed by atoms with Crippen LogP contribution in [0.15, 0.2) is 39.6 Å². The van der Waals surface area contributed by atoms with Gasteiger partial charge >= 0.3 is 0 Å². The fourth-order valence-corrected chi connectivity index (χ4v) is 2.84. The monoisotopic (exact) mass is 310 g/mol. The van der Waals surface area contributed by atoms with Crippen LogP contribution in [0.4, 0.5) is 0 Å². The van der Waals surface area contributed by atoms with Gasteiger partial charge in [0.25, 0.3) is 0 Å². The highest BCUT2D eigenvalue weighted by Gasteiger charge is 2.26. The fraction of sp³-hybridized carbons (Fsp3) is 0.167. The summed E-state index contributed by atoms with van der Waals surface area (Å²) >= 11 is 0. The van der Waals surface area contributed by atoms with Gasteiger partial charge in [-0.05, 0) is 44.2 Å². The minimum Gasteiger partial charge on any atom is -0.508 e. The van der Waals surface area contributed by atoms with Crippen molar-refractivity contribution >= 4 is 28.0 Å². The number of hydrogen-bond acceptors (Lipinski definition) is 5. The van der Waals surface area contributed by atoms with Gasteiger partial charge in [-0.15, -0.1) is 0 Å². The van der Waals surface area contributed by atoms with E-state index >= 15 is 0 Å². The molecule has 5 heteroatoms. The standard InChI is InChI=1S/C18H14O5/c1-18(2)6-5-10-14(23-18)8-12(20)15-16(21)11-7-9(19)3-4-13(11)22-17(10)15/h3-8,19-20H,1-2H3. The summed E-state index contributed by atoms with van der Waals surface area (Å²) in [7, 11) is 0. The molecule has 0 saturated carbocycles. The molecule has 4 rings (SSSR count). The normalized spacial score (nSPS) is 15.6. The van der Waals surface area contributed by atoms with Gasteiger partial charge in [-0.3, -0.25) is 4.79 Å². The van der Waals surface area contributed by atoms with Crippen molar-refractivity contribution in [2.45, 2.75) is 19.4 Å². The van der Waals surface area contributed by atoms with Crippen molar-refractivity contribution < 1.29 is 19.4 Å². The van der Waals surface area contributed by atoms with Crippen molar-refractivity contribution in [3.8, 4) is 17.2 Å². The van der Waals surface area contributed by atoms with E-state index in [1.54, 1.807) is 0 Å². The lowest BCUT2D eigenvalue weighted by molar-refractivity contribution is 0.158. The van der Waals surface area contributed by atoms with E-state index in [2.05, 4.69) is 0 Å². The van der Waals surface area contributed by atoms with Gasteiger partial charge in [-0.25, -0.2) is 0 Å². The summed E-state index contributed by atoms with van der Waals surface area (Å²) in [4.78, 5) is 12.7. The quantitative estimate of drug-likeness (QED) is 0.621. The van der Waals surface area contributed by atoms with Crippen LogP contribution in [0.1, 0.15) is 19.4 Å². The Hall–Kier alpha value is -2.95. The number of rotatable bonds is 0. The van der Waals surface area contributed by atoms with Crippen LogP contribution in [0.3, 0.4) is 0 Å². The Labute approximate surface area is 131 Å². The van der Waals surface area contributed by atoms with Gasteiger partial charge in [-0.1, -0.05) is 0 Å². The first kappa shape index (κ1) is 13.7. The molecule has 1 aliphatic heterocycles. The van der Waals surface area contributed by atoms with Gasteiger partial charge in [0.15, 0.2) is 5.58 Å². The molecule has 0 aliphatic carbocycles. The zero-order valence-corrected chi connectivity index (χ0v) is 12.6. The maximum absolute atomic E-state index is 12.7. The molecular formula is C18H14O5. The first-order valence-corrected chi connectivity index (χ1v) is 7.19. The Kier molecular flexibility index (Phi) is 2.55. The lowest BCUT2D eigenvalue weighted by atomic mass is 9.99. The van der Waals surface area contributed by atoms with Crippen molar-refractivity contribution in [1.82, 2.24) is 0 Å². The summed E-state index contributed by atoms with van der Waals surface area (Å²) < 4.78 is 11.7. The van der Waals surface area contributed by atoms with Gasteiger partial charge < -0.3 is 19.4 Å². The smallest absolute Gasteiger partial charge is 0.204 e. The molecule has 2 aromatic carbocycles. The number of hydrogen-bond donors (Lipinski definition) is 2. The van der Waals surface area contributed by atoms with Gasteiger partial charge in [0.1, 0.15) is 33.8 Å². The van der Waals surface area contributed by atoms with E-state index in [9.17, 15) is 15.0 Å². The molecular weight excluding hydrogens is 296 g/mol. The molecule has 0 amide bonds. The molecule has 0 saturated heterocycles. The minimum atomic E-state index is -0.504. The molecule has 5 nitrogen and oxygen atoms in total. The van der Waals surface area contributed by atoms with Gasteiger partial charge in [0.05, 0.1) is 10.9 Å². The lowest BCUT2D eigenvalue weighted by Crippen LogP contribution is -2.27. The van der Waals surface area contributed by atoms with Crippen molar-refractivity contribution in [1.29, 1.82) is 0 Å². The predicted molar refractivity (Wildman–Crippen MR) is 87.1 cm³/mol. The van der Waals surface area contributed by atoms with Crippen molar-refractivity contribution in [2.24, 2.45) is 0 Å². The summed E-state index contributed by atoms with van der Waals surface area (Å²) in [6.07, 6.45) is 3.70. The van der Waals surface area contributed by atoms with Crippen LogP contribution in [0.5, 0.6) is 17.2 Å². The van der Waals surface area contributed by atoms with Gasteiger partial charge in [-0.2, -0.15) is 0 Å². The number of phenolic OH excluding ortho intramolecular Hbond substituents is 2. The predicted octanol–water partition coefficient (Wildman–Crippen LogP) is 3.54. The highest BCUT2D eigenvalue weighted by Crippen LogP contribution is 2.40. The molecule has 116 valence electrons. The average molecular weight is 310 g/mol. The third-order valence-corrected chi connectivity index (χ3v) is 3.93. The number of aromatic hydroxyl groups is 2. The second-order valence-electron chi connectivity index (χ2n) is 6.16. The Morgan fingerprint density at radius 3 is 2.70 bits per heavy atom. The SMILES string of the molecule is CC1(C)C=Cc2c(cc(O)c3c(=O)c4cc(O)ccc4oc23)O1. The maximum Gasteiger partial charge on any atom is 0.204 e. The van der Waals surface area contributed by atoms with E-state index < -0.39 is 11.0 Å². The molecule has 2 N–H and O–H groups in total. The molecule has 3 aromatic rings. The zero-order valence-electron chi connectivity index (χ0n) is 12.6. The third-order valence-electron chi connectivity index (χ3n) is 3.93. The lowest BCUT2D eigenvalue weighted by Gasteiger charge is -2.28. The molecule has 0 fully saturated rings.